The Morgan fingerprint density at radius 3 is 2.41 bits per heavy atom. The van der Waals surface area contributed by atoms with Crippen LogP contribution in [0.2, 0.25) is 0 Å². The highest BCUT2D eigenvalue weighted by molar-refractivity contribution is 7.99. The Kier molecular flexibility index (Phi) is 9.36. The zero-order valence-electron chi connectivity index (χ0n) is 23.5. The molecule has 9 heteroatoms. The van der Waals surface area contributed by atoms with E-state index >= 15 is 0 Å². The van der Waals surface area contributed by atoms with Crippen molar-refractivity contribution in [2.75, 3.05) is 32.5 Å². The Balaban J connectivity index is 1.16. The number of thioether (sulfide) groups is 1. The van der Waals surface area contributed by atoms with Crippen molar-refractivity contribution in [1.29, 1.82) is 0 Å². The van der Waals surface area contributed by atoms with Crippen molar-refractivity contribution in [2.24, 2.45) is 0 Å². The molecule has 1 unspecified atom stereocenters. The van der Waals surface area contributed by atoms with Gasteiger partial charge in [0.1, 0.15) is 5.75 Å². The van der Waals surface area contributed by atoms with Crippen molar-refractivity contribution in [2.45, 2.75) is 37.4 Å². The lowest BCUT2D eigenvalue weighted by Crippen LogP contribution is -2.55. The van der Waals surface area contributed by atoms with Gasteiger partial charge in [0.05, 0.1) is 13.5 Å². The molecule has 0 N–H and O–H groups in total. The van der Waals surface area contributed by atoms with E-state index in [4.69, 9.17) is 4.74 Å². The van der Waals surface area contributed by atoms with E-state index in [-0.39, 0.29) is 17.9 Å². The summed E-state index contributed by atoms with van der Waals surface area (Å²) in [6.45, 7) is 3.73. The first-order valence-corrected chi connectivity index (χ1v) is 14.9. The minimum Gasteiger partial charge on any atom is -0.497 e. The van der Waals surface area contributed by atoms with Crippen molar-refractivity contribution in [3.63, 3.8) is 0 Å². The number of methoxy groups -OCH3 is 1. The van der Waals surface area contributed by atoms with Gasteiger partial charge in [-0.25, -0.2) is 0 Å². The minimum atomic E-state index is -0.00209. The Bertz CT molecular complexity index is 1460. The van der Waals surface area contributed by atoms with Crippen LogP contribution in [0, 0.1) is 0 Å². The van der Waals surface area contributed by atoms with Gasteiger partial charge in [-0.2, -0.15) is 0 Å². The van der Waals surface area contributed by atoms with Crippen molar-refractivity contribution >= 4 is 23.6 Å². The number of para-hydroxylation sites is 1. The number of aromatic nitrogens is 3. The van der Waals surface area contributed by atoms with Gasteiger partial charge in [-0.1, -0.05) is 72.4 Å². The zero-order valence-corrected chi connectivity index (χ0v) is 24.3. The Hall–Kier alpha value is -4.11. The third-order valence-electron chi connectivity index (χ3n) is 7.24. The predicted octanol–water partition coefficient (Wildman–Crippen LogP) is 5.12. The van der Waals surface area contributed by atoms with Gasteiger partial charge in [-0.15, -0.1) is 10.2 Å². The molecule has 212 valence electrons. The molecule has 1 fully saturated rings. The van der Waals surface area contributed by atoms with Crippen LogP contribution in [0.15, 0.2) is 90.1 Å². The fraction of sp³-hybridized carbons (Fsp3) is 0.312. The number of ether oxygens (including phenoxy) is 1. The largest absolute Gasteiger partial charge is 0.497 e. The molecule has 0 bridgehead atoms. The number of piperazine rings is 1. The lowest BCUT2D eigenvalue weighted by Gasteiger charge is -2.40. The summed E-state index contributed by atoms with van der Waals surface area (Å²) in [5, 5.41) is 9.79. The normalized spacial score (nSPS) is 15.1. The summed E-state index contributed by atoms with van der Waals surface area (Å²) >= 11 is 1.60. The number of carbonyl (C=O) groups excluding carboxylic acids is 2. The molecule has 4 aromatic rings. The average molecular weight is 570 g/mol. The van der Waals surface area contributed by atoms with Gasteiger partial charge in [-0.3, -0.25) is 14.2 Å². The van der Waals surface area contributed by atoms with Crippen LogP contribution < -0.4 is 4.74 Å². The molecule has 1 aliphatic rings. The van der Waals surface area contributed by atoms with Crippen LogP contribution in [0.3, 0.4) is 0 Å². The summed E-state index contributed by atoms with van der Waals surface area (Å²) in [6, 6.07) is 27.6. The number of hydrogen-bond donors (Lipinski definition) is 0. The highest BCUT2D eigenvalue weighted by Gasteiger charge is 2.29. The first kappa shape index (κ1) is 28.4. The molecule has 41 heavy (non-hydrogen) atoms. The fourth-order valence-corrected chi connectivity index (χ4v) is 5.98. The molecule has 0 saturated carbocycles. The molecule has 5 rings (SSSR count). The van der Waals surface area contributed by atoms with Gasteiger partial charge in [0.15, 0.2) is 11.0 Å². The van der Waals surface area contributed by atoms with Gasteiger partial charge in [0.25, 0.3) is 0 Å². The molecular weight excluding hydrogens is 534 g/mol. The fourth-order valence-electron chi connectivity index (χ4n) is 5.09. The summed E-state index contributed by atoms with van der Waals surface area (Å²) in [6.07, 6.45) is 1.57. The van der Waals surface area contributed by atoms with Crippen LogP contribution in [0.25, 0.3) is 17.1 Å². The molecule has 3 aromatic carbocycles. The zero-order chi connectivity index (χ0) is 28.6. The Morgan fingerprint density at radius 2 is 1.68 bits per heavy atom. The van der Waals surface area contributed by atoms with E-state index in [0.29, 0.717) is 32.5 Å². The third-order valence-corrected chi connectivity index (χ3v) is 8.26. The standard InChI is InChI=1S/C32H35N5O3S/c1-24-23-35(18-19-36(24)30(39)21-25-11-5-3-6-12-25)29(38)17-10-20-41-32-34-33-31(26-13-9-16-28(22-26)40-2)37(32)27-14-7-4-8-15-27/h3-9,11-16,22,24H,10,17-21,23H2,1-2H3. The van der Waals surface area contributed by atoms with E-state index in [1.165, 1.54) is 0 Å². The molecule has 1 atom stereocenters. The van der Waals surface area contributed by atoms with Crippen LogP contribution in [-0.2, 0) is 16.0 Å². The van der Waals surface area contributed by atoms with Crippen LogP contribution >= 0.6 is 11.8 Å². The SMILES string of the molecule is COc1cccc(-c2nnc(SCCCC(=O)N3CCN(C(=O)Cc4ccccc4)C(C)C3)n2-c2ccccc2)c1. The average Bonchev–Trinajstić information content (AvgIpc) is 3.44. The van der Waals surface area contributed by atoms with Crippen LogP contribution in [0.5, 0.6) is 5.75 Å². The summed E-state index contributed by atoms with van der Waals surface area (Å²) in [5.74, 6) is 2.48. The topological polar surface area (TPSA) is 80.6 Å². The quantitative estimate of drug-likeness (QED) is 0.195. The second kappa shape index (κ2) is 13.5. The van der Waals surface area contributed by atoms with Gasteiger partial charge < -0.3 is 14.5 Å². The van der Waals surface area contributed by atoms with Gasteiger partial charge in [-0.05, 0) is 43.2 Å². The highest BCUT2D eigenvalue weighted by Crippen LogP contribution is 2.30. The van der Waals surface area contributed by atoms with E-state index in [1.807, 2.05) is 102 Å². The summed E-state index contributed by atoms with van der Waals surface area (Å²) < 4.78 is 7.46. The minimum absolute atomic E-state index is 0.00209. The molecule has 0 aliphatic carbocycles. The summed E-state index contributed by atoms with van der Waals surface area (Å²) in [5.41, 5.74) is 2.90. The lowest BCUT2D eigenvalue weighted by molar-refractivity contribution is -0.142. The number of carbonyl (C=O) groups is 2. The van der Waals surface area contributed by atoms with Crippen LogP contribution in [0.4, 0.5) is 0 Å². The molecule has 8 nitrogen and oxygen atoms in total. The second-order valence-corrected chi connectivity index (χ2v) is 11.2. The molecule has 1 saturated heterocycles. The lowest BCUT2D eigenvalue weighted by atomic mass is 10.1. The smallest absolute Gasteiger partial charge is 0.227 e. The molecule has 2 amide bonds. The Morgan fingerprint density at radius 1 is 0.927 bits per heavy atom. The monoisotopic (exact) mass is 569 g/mol. The Labute approximate surface area is 245 Å². The highest BCUT2D eigenvalue weighted by atomic mass is 32.2. The van der Waals surface area contributed by atoms with E-state index in [0.717, 1.165) is 45.7 Å². The summed E-state index contributed by atoms with van der Waals surface area (Å²) in [4.78, 5) is 29.7. The van der Waals surface area contributed by atoms with E-state index in [9.17, 15) is 9.59 Å². The number of benzene rings is 3. The first-order chi connectivity index (χ1) is 20.0. The molecule has 0 spiro atoms. The van der Waals surface area contributed by atoms with Crippen LogP contribution in [0.1, 0.15) is 25.3 Å². The second-order valence-electron chi connectivity index (χ2n) is 10.1. The van der Waals surface area contributed by atoms with Crippen molar-refractivity contribution in [1.82, 2.24) is 24.6 Å². The predicted molar refractivity (Wildman–Crippen MR) is 161 cm³/mol. The maximum atomic E-state index is 13.0. The maximum Gasteiger partial charge on any atom is 0.227 e. The first-order valence-electron chi connectivity index (χ1n) is 13.9. The number of hydrogen-bond acceptors (Lipinski definition) is 6. The number of nitrogens with zero attached hydrogens (tertiary/aromatic N) is 5. The molecule has 2 heterocycles. The summed E-state index contributed by atoms with van der Waals surface area (Å²) in [7, 11) is 1.65. The van der Waals surface area contributed by atoms with E-state index < -0.39 is 0 Å². The van der Waals surface area contributed by atoms with E-state index in [1.54, 1.807) is 18.9 Å². The third kappa shape index (κ3) is 6.97. The van der Waals surface area contributed by atoms with Crippen LogP contribution in [-0.4, -0.2) is 74.9 Å². The molecule has 1 aliphatic heterocycles. The van der Waals surface area contributed by atoms with Gasteiger partial charge in [0.2, 0.25) is 11.8 Å². The molecular formula is C32H35N5O3S. The maximum absolute atomic E-state index is 13.0. The van der Waals surface area contributed by atoms with Crippen molar-refractivity contribution in [3.8, 4) is 22.8 Å². The number of rotatable bonds is 10. The molecule has 0 radical (unpaired) electrons. The van der Waals surface area contributed by atoms with Gasteiger partial charge in [0, 0.05) is 49.1 Å². The van der Waals surface area contributed by atoms with E-state index in [2.05, 4.69) is 14.8 Å². The molecule has 1 aromatic heterocycles. The van der Waals surface area contributed by atoms with Crippen molar-refractivity contribution < 1.29 is 14.3 Å². The number of amides is 2. The van der Waals surface area contributed by atoms with Crippen molar-refractivity contribution in [3.05, 3.63) is 90.5 Å². The van der Waals surface area contributed by atoms with Gasteiger partial charge >= 0.3 is 0 Å².